The molecule has 3 aliphatic rings. The van der Waals surface area contributed by atoms with E-state index in [9.17, 15) is 9.59 Å². The number of halogens is 1. The highest BCUT2D eigenvalue weighted by Crippen LogP contribution is 2.34. The van der Waals surface area contributed by atoms with Crippen molar-refractivity contribution in [1.29, 1.82) is 0 Å². The Balaban J connectivity index is 0.00000176. The molecule has 7 nitrogen and oxygen atoms in total. The number of urea groups is 1. The third-order valence-corrected chi connectivity index (χ3v) is 4.76. The summed E-state index contributed by atoms with van der Waals surface area (Å²) in [6.45, 7) is 0.657. The Morgan fingerprint density at radius 2 is 2.05 bits per heavy atom. The van der Waals surface area contributed by atoms with Gasteiger partial charge in [0.1, 0.15) is 5.54 Å². The van der Waals surface area contributed by atoms with Crippen molar-refractivity contribution >= 4 is 41.9 Å². The minimum Gasteiger partial charge on any atom is -0.370 e. The Morgan fingerprint density at radius 1 is 1.41 bits per heavy atom. The number of hydrogen-bond acceptors (Lipinski definition) is 3. The van der Waals surface area contributed by atoms with Crippen LogP contribution in [0, 0.1) is 0 Å². The summed E-state index contributed by atoms with van der Waals surface area (Å²) in [5.41, 5.74) is 5.27. The quantitative estimate of drug-likeness (QED) is 0.305. The van der Waals surface area contributed by atoms with Gasteiger partial charge in [0.25, 0.3) is 5.91 Å². The fourth-order valence-corrected chi connectivity index (χ4v) is 3.22. The molecule has 1 heterocycles. The monoisotopic (exact) mass is 421 g/mol. The lowest BCUT2D eigenvalue weighted by molar-refractivity contribution is -0.131. The number of nitrogens with one attached hydrogen (secondary N) is 1. The standard InChI is InChI=1S/C14H23N5O2.HI/c1-18(10-4-5-10)12(15)16-8-9-19-11(20)14(17-13(19)21)6-2-3-7-14;/h10H,2-9H2,1H3,(H2,15,16)(H,17,21);1H. The average Bonchev–Trinajstić information content (AvgIpc) is 3.16. The molecule has 0 radical (unpaired) electrons. The number of imide groups is 1. The van der Waals surface area contributed by atoms with Crippen molar-refractivity contribution < 1.29 is 9.59 Å². The molecule has 0 bridgehead atoms. The fraction of sp³-hybridized carbons (Fsp3) is 0.786. The zero-order chi connectivity index (χ0) is 15.0. The Morgan fingerprint density at radius 3 is 2.64 bits per heavy atom. The van der Waals surface area contributed by atoms with Crippen LogP contribution in [0.25, 0.3) is 0 Å². The maximum atomic E-state index is 12.4. The average molecular weight is 421 g/mol. The van der Waals surface area contributed by atoms with Crippen LogP contribution in [0.3, 0.4) is 0 Å². The predicted molar refractivity (Wildman–Crippen MR) is 94.1 cm³/mol. The van der Waals surface area contributed by atoms with Gasteiger partial charge in [-0.1, -0.05) is 12.8 Å². The highest BCUT2D eigenvalue weighted by Gasteiger charge is 2.52. The Labute approximate surface area is 147 Å². The van der Waals surface area contributed by atoms with Gasteiger partial charge in [0.05, 0.1) is 13.1 Å². The molecule has 0 atom stereocenters. The molecule has 124 valence electrons. The number of nitrogens with two attached hydrogens (primary N) is 1. The van der Waals surface area contributed by atoms with E-state index < -0.39 is 5.54 Å². The molecule has 1 aliphatic heterocycles. The maximum absolute atomic E-state index is 12.4. The van der Waals surface area contributed by atoms with Gasteiger partial charge in [-0.05, 0) is 25.7 Å². The van der Waals surface area contributed by atoms with E-state index in [0.29, 0.717) is 25.1 Å². The lowest BCUT2D eigenvalue weighted by Gasteiger charge is -2.20. The Kier molecular flexibility index (Phi) is 5.18. The van der Waals surface area contributed by atoms with Gasteiger partial charge in [-0.3, -0.25) is 14.7 Å². The largest absolute Gasteiger partial charge is 0.370 e. The first-order valence-electron chi connectivity index (χ1n) is 7.70. The first-order valence-corrected chi connectivity index (χ1v) is 7.70. The Bertz CT molecular complexity index is 486. The zero-order valence-electron chi connectivity index (χ0n) is 12.9. The molecule has 3 N–H and O–H groups in total. The third-order valence-electron chi connectivity index (χ3n) is 4.76. The van der Waals surface area contributed by atoms with Crippen LogP contribution >= 0.6 is 24.0 Å². The molecule has 8 heteroatoms. The molecule has 0 unspecified atom stereocenters. The Hall–Kier alpha value is -1.06. The van der Waals surface area contributed by atoms with Crippen LogP contribution in [0.5, 0.6) is 0 Å². The van der Waals surface area contributed by atoms with Crippen LogP contribution in [-0.4, -0.2) is 59.4 Å². The molecule has 2 aliphatic carbocycles. The number of carbonyl (C=O) groups is 2. The molecule has 0 aromatic carbocycles. The zero-order valence-corrected chi connectivity index (χ0v) is 15.2. The van der Waals surface area contributed by atoms with Crippen molar-refractivity contribution in [1.82, 2.24) is 15.1 Å². The van der Waals surface area contributed by atoms with Gasteiger partial charge in [0.15, 0.2) is 5.96 Å². The van der Waals surface area contributed by atoms with Gasteiger partial charge in [-0.15, -0.1) is 24.0 Å². The van der Waals surface area contributed by atoms with Gasteiger partial charge in [-0.25, -0.2) is 4.79 Å². The molecule has 1 spiro atoms. The lowest BCUT2D eigenvalue weighted by atomic mass is 9.98. The molecule has 2 saturated carbocycles. The minimum absolute atomic E-state index is 0. The summed E-state index contributed by atoms with van der Waals surface area (Å²) in [5, 5.41) is 2.87. The summed E-state index contributed by atoms with van der Waals surface area (Å²) in [6, 6.07) is 0.221. The number of nitrogens with zero attached hydrogens (tertiary/aromatic N) is 3. The van der Waals surface area contributed by atoms with E-state index in [2.05, 4.69) is 10.3 Å². The van der Waals surface area contributed by atoms with Crippen molar-refractivity contribution in [3.05, 3.63) is 0 Å². The van der Waals surface area contributed by atoms with Gasteiger partial charge >= 0.3 is 6.03 Å². The molecule has 3 rings (SSSR count). The second-order valence-electron chi connectivity index (χ2n) is 6.26. The second-order valence-corrected chi connectivity index (χ2v) is 6.26. The maximum Gasteiger partial charge on any atom is 0.325 e. The summed E-state index contributed by atoms with van der Waals surface area (Å²) >= 11 is 0. The lowest BCUT2D eigenvalue weighted by Crippen LogP contribution is -2.44. The molecule has 3 fully saturated rings. The summed E-state index contributed by atoms with van der Waals surface area (Å²) < 4.78 is 0. The van der Waals surface area contributed by atoms with Crippen molar-refractivity contribution in [3.8, 4) is 0 Å². The van der Waals surface area contributed by atoms with Crippen molar-refractivity contribution in [2.24, 2.45) is 10.7 Å². The summed E-state index contributed by atoms with van der Waals surface area (Å²) in [6.07, 6.45) is 5.81. The van der Waals surface area contributed by atoms with Crippen molar-refractivity contribution in [2.75, 3.05) is 20.1 Å². The fourth-order valence-electron chi connectivity index (χ4n) is 3.22. The smallest absolute Gasteiger partial charge is 0.325 e. The summed E-state index contributed by atoms with van der Waals surface area (Å²) in [7, 11) is 1.93. The topological polar surface area (TPSA) is 91.0 Å². The number of carbonyl (C=O) groups excluding carboxylic acids is 2. The number of aliphatic imine (C=N–C) groups is 1. The van der Waals surface area contributed by atoms with Crippen LogP contribution in [0.2, 0.25) is 0 Å². The SMILES string of the molecule is CN(C(N)=NCCN1C(=O)NC2(CCCC2)C1=O)C1CC1.I. The van der Waals surface area contributed by atoms with Crippen LogP contribution in [0.1, 0.15) is 38.5 Å². The minimum atomic E-state index is -0.628. The van der Waals surface area contributed by atoms with E-state index in [0.717, 1.165) is 38.5 Å². The van der Waals surface area contributed by atoms with Crippen LogP contribution < -0.4 is 11.1 Å². The second kappa shape index (κ2) is 6.59. The van der Waals surface area contributed by atoms with E-state index in [1.165, 1.54) is 4.90 Å². The number of hydrogen-bond donors (Lipinski definition) is 2. The number of rotatable bonds is 4. The van der Waals surface area contributed by atoms with E-state index in [-0.39, 0.29) is 35.9 Å². The van der Waals surface area contributed by atoms with Crippen LogP contribution in [-0.2, 0) is 4.79 Å². The molecular formula is C14H24IN5O2. The van der Waals surface area contributed by atoms with Gasteiger partial charge < -0.3 is 16.0 Å². The highest BCUT2D eigenvalue weighted by atomic mass is 127. The molecule has 22 heavy (non-hydrogen) atoms. The predicted octanol–water partition coefficient (Wildman–Crippen LogP) is 0.878. The summed E-state index contributed by atoms with van der Waals surface area (Å²) in [4.78, 5) is 31.9. The molecular weight excluding hydrogens is 397 g/mol. The first-order chi connectivity index (χ1) is 10.0. The van der Waals surface area contributed by atoms with Crippen molar-refractivity contribution in [2.45, 2.75) is 50.1 Å². The normalized spacial score (nSPS) is 23.7. The van der Waals surface area contributed by atoms with Crippen LogP contribution in [0.15, 0.2) is 4.99 Å². The van der Waals surface area contributed by atoms with Crippen LogP contribution in [0.4, 0.5) is 4.79 Å². The summed E-state index contributed by atoms with van der Waals surface area (Å²) in [5.74, 6) is 0.398. The molecule has 3 amide bonds. The highest BCUT2D eigenvalue weighted by molar-refractivity contribution is 14.0. The molecule has 0 aromatic heterocycles. The van der Waals surface area contributed by atoms with E-state index in [4.69, 9.17) is 5.73 Å². The number of amides is 3. The third kappa shape index (κ3) is 3.16. The van der Waals surface area contributed by atoms with E-state index in [1.54, 1.807) is 0 Å². The van der Waals surface area contributed by atoms with Gasteiger partial charge in [-0.2, -0.15) is 0 Å². The molecule has 0 aromatic rings. The first kappa shape index (κ1) is 17.3. The van der Waals surface area contributed by atoms with E-state index >= 15 is 0 Å². The van der Waals surface area contributed by atoms with E-state index in [1.807, 2.05) is 11.9 Å². The van der Waals surface area contributed by atoms with Crippen molar-refractivity contribution in [3.63, 3.8) is 0 Å². The molecule has 1 saturated heterocycles. The van der Waals surface area contributed by atoms with Gasteiger partial charge in [0, 0.05) is 13.1 Å². The van der Waals surface area contributed by atoms with Gasteiger partial charge in [0.2, 0.25) is 0 Å². The number of guanidine groups is 1.